The van der Waals surface area contributed by atoms with Crippen molar-refractivity contribution in [2.75, 3.05) is 10.7 Å². The molecule has 1 aliphatic rings. The van der Waals surface area contributed by atoms with Crippen molar-refractivity contribution in [3.63, 3.8) is 0 Å². The molecule has 1 fully saturated rings. The van der Waals surface area contributed by atoms with Gasteiger partial charge in [0.05, 0.1) is 11.3 Å². The molecule has 20 heavy (non-hydrogen) atoms. The largest absolute Gasteiger partial charge is 0.294 e. The van der Waals surface area contributed by atoms with E-state index in [1.807, 2.05) is 0 Å². The van der Waals surface area contributed by atoms with E-state index in [9.17, 15) is 14.4 Å². The van der Waals surface area contributed by atoms with Gasteiger partial charge in [0, 0.05) is 17.7 Å². The van der Waals surface area contributed by atoms with E-state index in [4.69, 9.17) is 12.2 Å². The van der Waals surface area contributed by atoms with Gasteiger partial charge < -0.3 is 0 Å². The monoisotopic (exact) mass is 307 g/mol. The fourth-order valence-electron chi connectivity index (χ4n) is 2.13. The van der Waals surface area contributed by atoms with Gasteiger partial charge in [0.1, 0.15) is 4.32 Å². The van der Waals surface area contributed by atoms with Crippen LogP contribution in [0.15, 0.2) is 18.2 Å². The lowest BCUT2D eigenvalue weighted by Gasteiger charge is -2.28. The Bertz CT molecular complexity index is 609. The summed E-state index contributed by atoms with van der Waals surface area (Å²) in [5.41, 5.74) is 0.992. The van der Waals surface area contributed by atoms with Crippen LogP contribution in [0.1, 0.15) is 41.0 Å². The number of hydrogen-bond donors (Lipinski definition) is 0. The van der Waals surface area contributed by atoms with Gasteiger partial charge in [-0.2, -0.15) is 0 Å². The maximum atomic E-state index is 12.1. The molecule has 0 saturated carbocycles. The summed E-state index contributed by atoms with van der Waals surface area (Å²) in [5.74, 6) is 0.0460. The molecule has 2 rings (SSSR count). The summed E-state index contributed by atoms with van der Waals surface area (Å²) in [6.07, 6.45) is 0.368. The lowest BCUT2D eigenvalue weighted by atomic mass is 9.98. The van der Waals surface area contributed by atoms with E-state index in [0.29, 0.717) is 27.7 Å². The third-order valence-corrected chi connectivity index (χ3v) is 4.36. The van der Waals surface area contributed by atoms with Crippen LogP contribution in [-0.2, 0) is 4.79 Å². The van der Waals surface area contributed by atoms with Crippen molar-refractivity contribution >= 4 is 51.5 Å². The highest BCUT2D eigenvalue weighted by Gasteiger charge is 2.29. The van der Waals surface area contributed by atoms with Crippen molar-refractivity contribution in [2.45, 2.75) is 20.3 Å². The number of ketones is 2. The Morgan fingerprint density at radius 1 is 1.25 bits per heavy atom. The van der Waals surface area contributed by atoms with E-state index >= 15 is 0 Å². The number of thioether (sulfide) groups is 1. The zero-order valence-corrected chi connectivity index (χ0v) is 12.8. The molecule has 0 N–H and O–H groups in total. The van der Waals surface area contributed by atoms with Crippen LogP contribution in [0, 0.1) is 0 Å². The summed E-state index contributed by atoms with van der Waals surface area (Å²) in [6, 6.07) is 4.90. The van der Waals surface area contributed by atoms with Crippen LogP contribution in [0.4, 0.5) is 5.69 Å². The van der Waals surface area contributed by atoms with Gasteiger partial charge in [-0.1, -0.05) is 36.1 Å². The fourth-order valence-corrected chi connectivity index (χ4v) is 3.36. The summed E-state index contributed by atoms with van der Waals surface area (Å²) in [5, 5.41) is 0. The topological polar surface area (TPSA) is 54.5 Å². The normalized spacial score (nSPS) is 15.4. The molecule has 0 radical (unpaired) electrons. The Kier molecular flexibility index (Phi) is 4.35. The highest BCUT2D eigenvalue weighted by atomic mass is 32.2. The van der Waals surface area contributed by atoms with E-state index in [1.165, 1.54) is 30.5 Å². The molecule has 4 nitrogen and oxygen atoms in total. The summed E-state index contributed by atoms with van der Waals surface area (Å²) >= 11 is 6.61. The summed E-state index contributed by atoms with van der Waals surface area (Å²) < 4.78 is 0.421. The van der Waals surface area contributed by atoms with E-state index < -0.39 is 0 Å². The Morgan fingerprint density at radius 2 is 1.95 bits per heavy atom. The first kappa shape index (κ1) is 14.9. The molecule has 0 aromatic heterocycles. The highest BCUT2D eigenvalue weighted by Crippen LogP contribution is 2.31. The molecule has 1 amide bonds. The molecule has 1 aromatic rings. The number of carbonyl (C=O) groups excluding carboxylic acids is 3. The Hall–Kier alpha value is -1.53. The third-order valence-electron chi connectivity index (χ3n) is 2.99. The van der Waals surface area contributed by atoms with Crippen LogP contribution in [-0.4, -0.2) is 27.5 Å². The molecule has 0 aliphatic carbocycles. The minimum absolute atomic E-state index is 0.142. The molecule has 1 aliphatic heterocycles. The second kappa shape index (κ2) is 5.85. The van der Waals surface area contributed by atoms with E-state index in [0.717, 1.165) is 0 Å². The van der Waals surface area contributed by atoms with Crippen molar-refractivity contribution in [3.8, 4) is 0 Å². The lowest BCUT2D eigenvalue weighted by Crippen LogP contribution is -2.39. The van der Waals surface area contributed by atoms with Gasteiger partial charge >= 0.3 is 0 Å². The van der Waals surface area contributed by atoms with E-state index in [2.05, 4.69) is 0 Å². The van der Waals surface area contributed by atoms with Gasteiger partial charge in [0.2, 0.25) is 5.91 Å². The van der Waals surface area contributed by atoms with Crippen LogP contribution in [0.2, 0.25) is 0 Å². The van der Waals surface area contributed by atoms with Gasteiger partial charge in [0.15, 0.2) is 11.6 Å². The minimum atomic E-state index is -0.253. The van der Waals surface area contributed by atoms with Crippen molar-refractivity contribution in [1.82, 2.24) is 0 Å². The molecule has 1 saturated heterocycles. The summed E-state index contributed by atoms with van der Waals surface area (Å²) in [4.78, 5) is 37.0. The summed E-state index contributed by atoms with van der Waals surface area (Å²) in [6.45, 7) is 2.78. The standard InChI is InChI=1S/C14H13NO3S2/c1-8(16)10-4-3-5-11(13(10)9(2)17)15-12(18)6-7-20-14(15)19/h3-5H,6-7H2,1-2H3. The van der Waals surface area contributed by atoms with Crippen LogP contribution in [0.3, 0.4) is 0 Å². The molecular formula is C14H13NO3S2. The zero-order valence-electron chi connectivity index (χ0n) is 11.1. The molecular weight excluding hydrogens is 294 g/mol. The average molecular weight is 307 g/mol. The number of amides is 1. The Morgan fingerprint density at radius 3 is 2.50 bits per heavy atom. The number of hydrogen-bond acceptors (Lipinski definition) is 5. The number of nitrogens with zero attached hydrogens (tertiary/aromatic N) is 1. The predicted octanol–water partition coefficient (Wildman–Crippen LogP) is 2.85. The smallest absolute Gasteiger partial charge is 0.233 e. The first-order valence-corrected chi connectivity index (χ1v) is 7.47. The first-order valence-electron chi connectivity index (χ1n) is 6.08. The molecule has 1 heterocycles. The maximum absolute atomic E-state index is 12.1. The SMILES string of the molecule is CC(=O)c1cccc(N2C(=O)CCSC2=S)c1C(C)=O. The number of thiocarbonyl (C=S) groups is 1. The molecule has 1 aromatic carbocycles. The van der Waals surface area contributed by atoms with Gasteiger partial charge in [-0.3, -0.25) is 19.3 Å². The fraction of sp³-hybridized carbons (Fsp3) is 0.286. The predicted molar refractivity (Wildman–Crippen MR) is 83.6 cm³/mol. The van der Waals surface area contributed by atoms with Crippen molar-refractivity contribution in [3.05, 3.63) is 29.3 Å². The van der Waals surface area contributed by atoms with Crippen molar-refractivity contribution in [2.24, 2.45) is 0 Å². The quantitative estimate of drug-likeness (QED) is 0.635. The van der Waals surface area contributed by atoms with Crippen molar-refractivity contribution in [1.29, 1.82) is 0 Å². The van der Waals surface area contributed by atoms with Crippen LogP contribution >= 0.6 is 24.0 Å². The minimum Gasteiger partial charge on any atom is -0.294 e. The molecule has 104 valence electrons. The Labute approximate surface area is 126 Å². The Balaban J connectivity index is 2.64. The van der Waals surface area contributed by atoms with Gasteiger partial charge in [-0.05, 0) is 19.9 Å². The van der Waals surface area contributed by atoms with Gasteiger partial charge in [0.25, 0.3) is 0 Å². The number of Topliss-reactive ketones (excluding diaryl/α,β-unsaturated/α-hetero) is 2. The second-order valence-corrected chi connectivity index (χ2v) is 6.13. The molecule has 6 heteroatoms. The number of carbonyl (C=O) groups is 3. The molecule has 0 bridgehead atoms. The molecule has 0 unspecified atom stereocenters. The van der Waals surface area contributed by atoms with E-state index in [1.54, 1.807) is 18.2 Å². The maximum Gasteiger partial charge on any atom is 0.233 e. The van der Waals surface area contributed by atoms with Crippen LogP contribution in [0.25, 0.3) is 0 Å². The first-order chi connectivity index (χ1) is 9.43. The van der Waals surface area contributed by atoms with Gasteiger partial charge in [-0.25, -0.2) is 0 Å². The van der Waals surface area contributed by atoms with Gasteiger partial charge in [-0.15, -0.1) is 0 Å². The van der Waals surface area contributed by atoms with Crippen molar-refractivity contribution < 1.29 is 14.4 Å². The van der Waals surface area contributed by atoms with Crippen LogP contribution in [0.5, 0.6) is 0 Å². The van der Waals surface area contributed by atoms with E-state index in [-0.39, 0.29) is 23.0 Å². The number of anilines is 1. The number of benzene rings is 1. The molecule has 0 spiro atoms. The third kappa shape index (κ3) is 2.66. The molecule has 0 atom stereocenters. The zero-order chi connectivity index (χ0) is 14.9. The van der Waals surface area contributed by atoms with Crippen LogP contribution < -0.4 is 4.90 Å². The number of rotatable bonds is 3. The second-order valence-electron chi connectivity index (χ2n) is 4.41. The highest BCUT2D eigenvalue weighted by molar-refractivity contribution is 8.23. The lowest BCUT2D eigenvalue weighted by molar-refractivity contribution is -0.117. The summed E-state index contributed by atoms with van der Waals surface area (Å²) in [7, 11) is 0. The average Bonchev–Trinajstić information content (AvgIpc) is 2.37.